The molecule has 4 nitrogen and oxygen atoms in total. The van der Waals surface area contributed by atoms with Crippen LogP contribution in [0.2, 0.25) is 0 Å². The Labute approximate surface area is 138 Å². The van der Waals surface area contributed by atoms with Gasteiger partial charge in [0, 0.05) is 32.0 Å². The highest BCUT2D eigenvalue weighted by atomic mass is 16.2. The molecule has 1 aromatic rings. The monoisotopic (exact) mass is 314 g/mol. The SMILES string of the molecule is CC1C/C=C/CCCC(=O)N(Cc2ccccc2)CCNC1=O. The predicted octanol–water partition coefficient (Wildman–Crippen LogP) is 2.90. The molecule has 1 unspecified atom stereocenters. The van der Waals surface area contributed by atoms with E-state index in [1.54, 1.807) is 0 Å². The molecular weight excluding hydrogens is 288 g/mol. The third-order valence-electron chi connectivity index (χ3n) is 4.12. The minimum atomic E-state index is -0.0229. The molecule has 2 rings (SSSR count). The summed E-state index contributed by atoms with van der Waals surface area (Å²) in [7, 11) is 0. The second-order valence-corrected chi connectivity index (χ2v) is 6.09. The third kappa shape index (κ3) is 5.89. The van der Waals surface area contributed by atoms with Crippen LogP contribution in [-0.4, -0.2) is 29.8 Å². The van der Waals surface area contributed by atoms with Gasteiger partial charge in [-0.3, -0.25) is 9.59 Å². The molecule has 0 fully saturated rings. The van der Waals surface area contributed by atoms with Crippen LogP contribution in [0.1, 0.15) is 38.2 Å². The normalized spacial score (nSPS) is 22.5. The van der Waals surface area contributed by atoms with Crippen LogP contribution in [0.3, 0.4) is 0 Å². The number of carbonyl (C=O) groups is 2. The maximum absolute atomic E-state index is 12.5. The van der Waals surface area contributed by atoms with E-state index < -0.39 is 0 Å². The molecule has 0 saturated heterocycles. The maximum atomic E-state index is 12.5. The quantitative estimate of drug-likeness (QED) is 0.853. The molecule has 1 atom stereocenters. The minimum Gasteiger partial charge on any atom is -0.354 e. The van der Waals surface area contributed by atoms with Crippen molar-refractivity contribution in [3.8, 4) is 0 Å². The van der Waals surface area contributed by atoms with Crippen LogP contribution < -0.4 is 5.32 Å². The minimum absolute atomic E-state index is 0.0229. The highest BCUT2D eigenvalue weighted by Gasteiger charge is 2.16. The topological polar surface area (TPSA) is 49.4 Å². The van der Waals surface area contributed by atoms with Crippen LogP contribution in [0.4, 0.5) is 0 Å². The zero-order valence-corrected chi connectivity index (χ0v) is 13.8. The summed E-state index contributed by atoms with van der Waals surface area (Å²) in [5, 5.41) is 2.94. The number of hydrogen-bond acceptors (Lipinski definition) is 2. The lowest BCUT2D eigenvalue weighted by Crippen LogP contribution is -2.39. The Hall–Kier alpha value is -2.10. The molecule has 0 spiro atoms. The summed E-state index contributed by atoms with van der Waals surface area (Å²) in [5.41, 5.74) is 1.12. The Morgan fingerprint density at radius 1 is 1.17 bits per heavy atom. The highest BCUT2D eigenvalue weighted by molar-refractivity contribution is 5.79. The maximum Gasteiger partial charge on any atom is 0.223 e. The molecule has 0 aliphatic carbocycles. The van der Waals surface area contributed by atoms with E-state index in [1.807, 2.05) is 48.2 Å². The van der Waals surface area contributed by atoms with Crippen molar-refractivity contribution in [3.63, 3.8) is 0 Å². The van der Waals surface area contributed by atoms with Crippen molar-refractivity contribution in [2.75, 3.05) is 13.1 Å². The summed E-state index contributed by atoms with van der Waals surface area (Å²) in [5.74, 6) is 0.190. The van der Waals surface area contributed by atoms with Gasteiger partial charge in [-0.25, -0.2) is 0 Å². The van der Waals surface area contributed by atoms with Gasteiger partial charge in [-0.05, 0) is 24.8 Å². The zero-order chi connectivity index (χ0) is 16.5. The van der Waals surface area contributed by atoms with Crippen molar-refractivity contribution in [2.45, 2.75) is 39.2 Å². The molecule has 1 heterocycles. The van der Waals surface area contributed by atoms with Crippen LogP contribution in [0.5, 0.6) is 0 Å². The van der Waals surface area contributed by atoms with Crippen LogP contribution in [0.15, 0.2) is 42.5 Å². The van der Waals surface area contributed by atoms with E-state index in [-0.39, 0.29) is 17.7 Å². The fraction of sp³-hybridized carbons (Fsp3) is 0.474. The summed E-state index contributed by atoms with van der Waals surface area (Å²) in [6, 6.07) is 9.98. The molecule has 23 heavy (non-hydrogen) atoms. The van der Waals surface area contributed by atoms with Crippen LogP contribution in [0, 0.1) is 5.92 Å². The van der Waals surface area contributed by atoms with E-state index in [1.165, 1.54) is 0 Å². The van der Waals surface area contributed by atoms with Crippen LogP contribution in [0.25, 0.3) is 0 Å². The van der Waals surface area contributed by atoms with Crippen molar-refractivity contribution in [1.29, 1.82) is 0 Å². The average Bonchev–Trinajstić information content (AvgIpc) is 2.57. The molecule has 1 aliphatic rings. The molecule has 0 aromatic heterocycles. The van der Waals surface area contributed by atoms with E-state index in [0.29, 0.717) is 26.1 Å². The van der Waals surface area contributed by atoms with Gasteiger partial charge < -0.3 is 10.2 Å². The second-order valence-electron chi connectivity index (χ2n) is 6.09. The Balaban J connectivity index is 2.02. The third-order valence-corrected chi connectivity index (χ3v) is 4.12. The lowest BCUT2D eigenvalue weighted by Gasteiger charge is -2.23. The first-order valence-corrected chi connectivity index (χ1v) is 8.41. The van der Waals surface area contributed by atoms with Crippen molar-refractivity contribution < 1.29 is 9.59 Å². The molecule has 0 saturated carbocycles. The first-order chi connectivity index (χ1) is 11.2. The molecule has 2 amide bonds. The van der Waals surface area contributed by atoms with Crippen molar-refractivity contribution >= 4 is 11.8 Å². The number of nitrogens with one attached hydrogen (secondary N) is 1. The van der Waals surface area contributed by atoms with E-state index in [0.717, 1.165) is 24.8 Å². The van der Waals surface area contributed by atoms with E-state index >= 15 is 0 Å². The number of amides is 2. The molecule has 1 N–H and O–H groups in total. The molecular formula is C19H26N2O2. The number of benzene rings is 1. The van der Waals surface area contributed by atoms with Gasteiger partial charge >= 0.3 is 0 Å². The summed E-state index contributed by atoms with van der Waals surface area (Å²) in [4.78, 5) is 26.3. The van der Waals surface area contributed by atoms with E-state index in [9.17, 15) is 9.59 Å². The molecule has 0 radical (unpaired) electrons. The Bertz CT molecular complexity index is 540. The molecule has 1 aliphatic heterocycles. The largest absolute Gasteiger partial charge is 0.354 e. The molecule has 124 valence electrons. The van der Waals surface area contributed by atoms with Crippen molar-refractivity contribution in [1.82, 2.24) is 10.2 Å². The first-order valence-electron chi connectivity index (χ1n) is 8.41. The standard InChI is InChI=1S/C19H26N2O2/c1-16-9-5-2-3-8-12-18(22)21(14-13-20-19(16)23)15-17-10-6-4-7-11-17/h2,4-7,10-11,16H,3,8-9,12-15H2,1H3,(H,20,23)/b5-2+. The lowest BCUT2D eigenvalue weighted by molar-refractivity contribution is -0.132. The molecule has 1 aromatic carbocycles. The fourth-order valence-electron chi connectivity index (χ4n) is 2.64. The number of carbonyl (C=O) groups excluding carboxylic acids is 2. The fourth-order valence-corrected chi connectivity index (χ4v) is 2.64. The van der Waals surface area contributed by atoms with Gasteiger partial charge in [-0.1, -0.05) is 49.4 Å². The van der Waals surface area contributed by atoms with E-state index in [2.05, 4.69) is 11.4 Å². The average molecular weight is 314 g/mol. The first kappa shape index (κ1) is 17.3. The van der Waals surface area contributed by atoms with Gasteiger partial charge in [0.15, 0.2) is 0 Å². The van der Waals surface area contributed by atoms with Gasteiger partial charge in [-0.2, -0.15) is 0 Å². The van der Waals surface area contributed by atoms with Gasteiger partial charge in [0.05, 0.1) is 0 Å². The number of rotatable bonds is 2. The predicted molar refractivity (Wildman–Crippen MR) is 91.6 cm³/mol. The van der Waals surface area contributed by atoms with Crippen LogP contribution in [-0.2, 0) is 16.1 Å². The second kappa shape index (κ2) is 9.13. The van der Waals surface area contributed by atoms with Crippen LogP contribution >= 0.6 is 0 Å². The van der Waals surface area contributed by atoms with Gasteiger partial charge in [-0.15, -0.1) is 0 Å². The number of allylic oxidation sites excluding steroid dienone is 2. The van der Waals surface area contributed by atoms with Gasteiger partial charge in [0.1, 0.15) is 0 Å². The Morgan fingerprint density at radius 3 is 2.74 bits per heavy atom. The number of nitrogens with zero attached hydrogens (tertiary/aromatic N) is 1. The summed E-state index contributed by atoms with van der Waals surface area (Å²) in [6.07, 6.45) is 7.19. The lowest BCUT2D eigenvalue weighted by atomic mass is 10.1. The number of hydrogen-bond donors (Lipinski definition) is 1. The summed E-state index contributed by atoms with van der Waals surface area (Å²) in [6.45, 7) is 3.60. The van der Waals surface area contributed by atoms with E-state index in [4.69, 9.17) is 0 Å². The van der Waals surface area contributed by atoms with Crippen molar-refractivity contribution in [2.24, 2.45) is 5.92 Å². The smallest absolute Gasteiger partial charge is 0.223 e. The molecule has 0 bridgehead atoms. The van der Waals surface area contributed by atoms with Gasteiger partial charge in [0.2, 0.25) is 11.8 Å². The highest BCUT2D eigenvalue weighted by Crippen LogP contribution is 2.10. The zero-order valence-electron chi connectivity index (χ0n) is 13.8. The van der Waals surface area contributed by atoms with Gasteiger partial charge in [0.25, 0.3) is 0 Å². The van der Waals surface area contributed by atoms with Crippen molar-refractivity contribution in [3.05, 3.63) is 48.0 Å². The Morgan fingerprint density at radius 2 is 1.96 bits per heavy atom. The molecule has 4 heteroatoms. The Kier molecular flexibility index (Phi) is 6.85. The summed E-state index contributed by atoms with van der Waals surface area (Å²) < 4.78 is 0. The summed E-state index contributed by atoms with van der Waals surface area (Å²) >= 11 is 0.